The number of rotatable bonds is 7. The quantitative estimate of drug-likeness (QED) is 0.569. The van der Waals surface area contributed by atoms with E-state index in [4.69, 9.17) is 9.47 Å². The van der Waals surface area contributed by atoms with Crippen molar-refractivity contribution in [2.75, 3.05) is 33.1 Å². The molecule has 0 aliphatic rings. The van der Waals surface area contributed by atoms with E-state index in [9.17, 15) is 14.4 Å². The van der Waals surface area contributed by atoms with Crippen LogP contribution in [-0.2, 0) is 14.3 Å². The van der Waals surface area contributed by atoms with E-state index in [0.29, 0.717) is 16.3 Å². The van der Waals surface area contributed by atoms with Crippen LogP contribution in [0.1, 0.15) is 20.8 Å². The Morgan fingerprint density at radius 2 is 1.96 bits per heavy atom. The summed E-state index contributed by atoms with van der Waals surface area (Å²) in [6, 6.07) is 8.92. The zero-order chi connectivity index (χ0) is 20.7. The van der Waals surface area contributed by atoms with Gasteiger partial charge in [0.15, 0.2) is 0 Å². The zero-order valence-electron chi connectivity index (χ0n) is 16.1. The lowest BCUT2D eigenvalue weighted by Crippen LogP contribution is -2.34. The Balaban J connectivity index is 1.97. The summed E-state index contributed by atoms with van der Waals surface area (Å²) in [5, 5.41) is 3.07. The Kier molecular flexibility index (Phi) is 7.34. The minimum Gasteiger partial charge on any atom is -0.497 e. The highest BCUT2D eigenvalue weighted by atomic mass is 32.1. The molecule has 1 N–H and O–H groups in total. The first-order chi connectivity index (χ1) is 13.3. The predicted octanol–water partition coefficient (Wildman–Crippen LogP) is 2.96. The number of nitrogens with zero attached hydrogens (tertiary/aromatic N) is 1. The van der Waals surface area contributed by atoms with Gasteiger partial charge in [-0.1, -0.05) is 12.1 Å². The first-order valence-corrected chi connectivity index (χ1v) is 9.21. The fraction of sp³-hybridized carbons (Fsp3) is 0.250. The van der Waals surface area contributed by atoms with E-state index < -0.39 is 11.9 Å². The summed E-state index contributed by atoms with van der Waals surface area (Å²) in [4.78, 5) is 38.4. The third kappa shape index (κ3) is 5.68. The molecule has 0 fully saturated rings. The molecule has 0 bridgehead atoms. The summed E-state index contributed by atoms with van der Waals surface area (Å²) in [6.07, 6.45) is 3.04. The average Bonchev–Trinajstić information content (AvgIpc) is 3.05. The van der Waals surface area contributed by atoms with E-state index in [0.717, 1.165) is 10.4 Å². The van der Waals surface area contributed by atoms with Gasteiger partial charge in [-0.15, -0.1) is 11.3 Å². The van der Waals surface area contributed by atoms with Crippen molar-refractivity contribution >= 4 is 40.2 Å². The van der Waals surface area contributed by atoms with Gasteiger partial charge in [-0.3, -0.25) is 9.59 Å². The number of thiophene rings is 1. The molecule has 1 aromatic heterocycles. The molecule has 2 amide bonds. The van der Waals surface area contributed by atoms with Crippen LogP contribution in [0.15, 0.2) is 36.4 Å². The van der Waals surface area contributed by atoms with E-state index in [-0.39, 0.29) is 12.5 Å². The average molecular weight is 402 g/mol. The van der Waals surface area contributed by atoms with Gasteiger partial charge in [-0.05, 0) is 36.8 Å². The molecule has 0 saturated heterocycles. The smallest absolute Gasteiger partial charge is 0.340 e. The molecule has 0 unspecified atom stereocenters. The number of ether oxygens (including phenoxy) is 2. The van der Waals surface area contributed by atoms with Crippen LogP contribution in [0, 0.1) is 6.92 Å². The fourth-order valence-electron chi connectivity index (χ4n) is 2.37. The molecule has 2 aromatic rings. The summed E-state index contributed by atoms with van der Waals surface area (Å²) in [5.41, 5.74) is 1.10. The minimum atomic E-state index is -0.523. The molecule has 0 aliphatic heterocycles. The number of hydrogen-bond acceptors (Lipinski definition) is 6. The molecule has 0 aliphatic carbocycles. The molecular formula is C20H22N2O5S. The number of nitrogens with one attached hydrogen (secondary N) is 1. The number of carbonyl (C=O) groups excluding carboxylic acids is 3. The van der Waals surface area contributed by atoms with Crippen LogP contribution in [-0.4, -0.2) is 50.5 Å². The molecule has 1 aromatic carbocycles. The summed E-state index contributed by atoms with van der Waals surface area (Å²) >= 11 is 1.27. The summed E-state index contributed by atoms with van der Waals surface area (Å²) in [6.45, 7) is 1.67. The fourth-order valence-corrected chi connectivity index (χ4v) is 3.28. The van der Waals surface area contributed by atoms with Gasteiger partial charge in [0.05, 0.1) is 26.3 Å². The van der Waals surface area contributed by atoms with Gasteiger partial charge in [-0.25, -0.2) is 4.79 Å². The lowest BCUT2D eigenvalue weighted by molar-refractivity contribution is -0.129. The van der Waals surface area contributed by atoms with E-state index >= 15 is 0 Å². The number of likely N-dealkylation sites (N-methyl/N-ethyl adjacent to an activating group) is 1. The van der Waals surface area contributed by atoms with Crippen molar-refractivity contribution < 1.29 is 23.9 Å². The number of esters is 1. The lowest BCUT2D eigenvalue weighted by Gasteiger charge is -2.14. The molecule has 0 atom stereocenters. The Hall–Kier alpha value is -3.13. The van der Waals surface area contributed by atoms with Crippen LogP contribution < -0.4 is 10.1 Å². The molecule has 2 rings (SSSR count). The highest BCUT2D eigenvalue weighted by molar-refractivity contribution is 7.16. The molecule has 28 heavy (non-hydrogen) atoms. The highest BCUT2D eigenvalue weighted by Gasteiger charge is 2.18. The first-order valence-electron chi connectivity index (χ1n) is 8.40. The molecule has 8 heteroatoms. The van der Waals surface area contributed by atoms with Crippen molar-refractivity contribution in [3.05, 3.63) is 52.4 Å². The van der Waals surface area contributed by atoms with Gasteiger partial charge in [0.1, 0.15) is 10.8 Å². The van der Waals surface area contributed by atoms with Crippen molar-refractivity contribution in [2.45, 2.75) is 6.92 Å². The Morgan fingerprint density at radius 1 is 1.21 bits per heavy atom. The summed E-state index contributed by atoms with van der Waals surface area (Å²) < 4.78 is 9.86. The summed E-state index contributed by atoms with van der Waals surface area (Å²) in [7, 11) is 4.38. The molecule has 0 spiro atoms. The first kappa shape index (κ1) is 21.2. The van der Waals surface area contributed by atoms with E-state index in [1.165, 1.54) is 36.5 Å². The third-order valence-corrected chi connectivity index (χ3v) is 4.75. The molecule has 0 radical (unpaired) electrons. The van der Waals surface area contributed by atoms with Gasteiger partial charge in [0, 0.05) is 18.0 Å². The predicted molar refractivity (Wildman–Crippen MR) is 109 cm³/mol. The van der Waals surface area contributed by atoms with Gasteiger partial charge < -0.3 is 19.7 Å². The molecular weight excluding hydrogens is 380 g/mol. The van der Waals surface area contributed by atoms with Crippen molar-refractivity contribution in [1.82, 2.24) is 4.90 Å². The molecule has 7 nitrogen and oxygen atoms in total. The van der Waals surface area contributed by atoms with Gasteiger partial charge >= 0.3 is 5.97 Å². The Labute approximate surface area is 167 Å². The van der Waals surface area contributed by atoms with Crippen molar-refractivity contribution in [3.8, 4) is 5.75 Å². The number of benzene rings is 1. The summed E-state index contributed by atoms with van der Waals surface area (Å²) in [5.74, 6) is -0.563. The SMILES string of the molecule is COC(=O)c1cc(C)sc1NC(=O)CN(C)C(=O)/C=C/c1cccc(OC)c1. The second-order valence-corrected chi connectivity index (χ2v) is 7.20. The zero-order valence-corrected chi connectivity index (χ0v) is 17.0. The van der Waals surface area contributed by atoms with Gasteiger partial charge in [0.25, 0.3) is 0 Å². The van der Waals surface area contributed by atoms with Crippen molar-refractivity contribution in [2.24, 2.45) is 0 Å². The molecule has 148 valence electrons. The Bertz CT molecular complexity index is 904. The van der Waals surface area contributed by atoms with Gasteiger partial charge in [-0.2, -0.15) is 0 Å². The number of carbonyl (C=O) groups is 3. The second kappa shape index (κ2) is 9.70. The minimum absolute atomic E-state index is 0.154. The number of aryl methyl sites for hydroxylation is 1. The number of anilines is 1. The van der Waals surface area contributed by atoms with Gasteiger partial charge in [0.2, 0.25) is 11.8 Å². The maximum absolute atomic E-state index is 12.3. The number of methoxy groups -OCH3 is 2. The largest absolute Gasteiger partial charge is 0.497 e. The number of amides is 2. The topological polar surface area (TPSA) is 84.9 Å². The molecule has 1 heterocycles. The van der Waals surface area contributed by atoms with Crippen LogP contribution in [0.4, 0.5) is 5.00 Å². The lowest BCUT2D eigenvalue weighted by atomic mass is 10.2. The van der Waals surface area contributed by atoms with E-state index in [1.807, 2.05) is 25.1 Å². The van der Waals surface area contributed by atoms with E-state index in [1.54, 1.807) is 25.3 Å². The maximum atomic E-state index is 12.3. The normalized spacial score (nSPS) is 10.6. The van der Waals surface area contributed by atoms with E-state index in [2.05, 4.69) is 5.32 Å². The van der Waals surface area contributed by atoms with Crippen molar-refractivity contribution in [1.29, 1.82) is 0 Å². The molecule has 0 saturated carbocycles. The van der Waals surface area contributed by atoms with Crippen LogP contribution in [0.25, 0.3) is 6.08 Å². The van der Waals surface area contributed by atoms with Crippen LogP contribution >= 0.6 is 11.3 Å². The standard InChI is InChI=1S/C20H22N2O5S/c1-13-10-16(20(25)27-4)19(28-13)21-17(23)12-22(2)18(24)9-8-14-6-5-7-15(11-14)26-3/h5-11H,12H2,1-4H3,(H,21,23)/b9-8+. The second-order valence-electron chi connectivity index (χ2n) is 5.94. The maximum Gasteiger partial charge on any atom is 0.340 e. The van der Waals surface area contributed by atoms with Crippen LogP contribution in [0.2, 0.25) is 0 Å². The third-order valence-electron chi connectivity index (χ3n) is 3.78. The monoisotopic (exact) mass is 402 g/mol. The highest BCUT2D eigenvalue weighted by Crippen LogP contribution is 2.28. The number of hydrogen-bond donors (Lipinski definition) is 1. The van der Waals surface area contributed by atoms with Crippen LogP contribution in [0.3, 0.4) is 0 Å². The van der Waals surface area contributed by atoms with Crippen molar-refractivity contribution in [3.63, 3.8) is 0 Å². The Morgan fingerprint density at radius 3 is 2.64 bits per heavy atom. The van der Waals surface area contributed by atoms with Crippen LogP contribution in [0.5, 0.6) is 5.75 Å².